The zero-order valence-corrected chi connectivity index (χ0v) is 26.9. The fraction of sp³-hybridized carbons (Fsp3) is 0.333. The molecular weight excluding hydrogens is 560 g/mol. The second-order valence-electron chi connectivity index (χ2n) is 14.3. The molecule has 0 saturated heterocycles. The van der Waals surface area contributed by atoms with Gasteiger partial charge in [-0.3, -0.25) is 0 Å². The number of nitrogens with one attached hydrogen (secondary N) is 1. The van der Waals surface area contributed by atoms with E-state index in [2.05, 4.69) is 162 Å². The van der Waals surface area contributed by atoms with Crippen molar-refractivity contribution in [3.8, 4) is 0 Å². The highest BCUT2D eigenvalue weighted by atomic mass is 15.3. The summed E-state index contributed by atoms with van der Waals surface area (Å²) in [5, 5.41) is 4.01. The van der Waals surface area contributed by atoms with Crippen LogP contribution >= 0.6 is 0 Å². The normalized spacial score (nSPS) is 33.7. The van der Waals surface area contributed by atoms with E-state index in [0.29, 0.717) is 29.7 Å². The predicted octanol–water partition coefficient (Wildman–Crippen LogP) is 8.35. The van der Waals surface area contributed by atoms with E-state index >= 15 is 0 Å². The quantitative estimate of drug-likeness (QED) is 0.356. The second kappa shape index (κ2) is 11.1. The van der Waals surface area contributed by atoms with Crippen LogP contribution in [0.3, 0.4) is 0 Å². The third-order valence-corrected chi connectivity index (χ3v) is 11.3. The lowest BCUT2D eigenvalue weighted by atomic mass is 9.79. The van der Waals surface area contributed by atoms with Crippen molar-refractivity contribution >= 4 is 5.69 Å². The molecule has 0 radical (unpaired) electrons. The molecule has 3 aliphatic heterocycles. The largest absolute Gasteiger partial charge is 0.375 e. The molecule has 0 bridgehead atoms. The van der Waals surface area contributed by atoms with Crippen LogP contribution in [0.25, 0.3) is 0 Å². The van der Waals surface area contributed by atoms with E-state index in [1.165, 1.54) is 58.9 Å². The Morgan fingerprint density at radius 1 is 0.804 bits per heavy atom. The summed E-state index contributed by atoms with van der Waals surface area (Å²) in [7, 11) is 2.21. The van der Waals surface area contributed by atoms with Crippen molar-refractivity contribution in [2.45, 2.75) is 50.2 Å². The molecule has 0 aromatic heterocycles. The number of likely N-dealkylation sites (N-methyl/N-ethyl adjacent to an activating group) is 1. The van der Waals surface area contributed by atoms with Gasteiger partial charge in [-0.15, -0.1) is 0 Å². The molecule has 0 spiro atoms. The van der Waals surface area contributed by atoms with Gasteiger partial charge in [-0.1, -0.05) is 110 Å². The van der Waals surface area contributed by atoms with Gasteiger partial charge in [-0.2, -0.15) is 0 Å². The highest BCUT2D eigenvalue weighted by Crippen LogP contribution is 2.52. The van der Waals surface area contributed by atoms with Crippen LogP contribution in [0.2, 0.25) is 0 Å². The molecule has 46 heavy (non-hydrogen) atoms. The Bertz CT molecular complexity index is 1770. The molecule has 4 aliphatic carbocycles. The van der Waals surface area contributed by atoms with Crippen LogP contribution in [0, 0.1) is 23.7 Å². The van der Waals surface area contributed by atoms with E-state index in [1.54, 1.807) is 0 Å². The Balaban J connectivity index is 1.18. The molecule has 4 nitrogen and oxygen atoms in total. The van der Waals surface area contributed by atoms with Crippen LogP contribution in [0.4, 0.5) is 5.69 Å². The van der Waals surface area contributed by atoms with Crippen LogP contribution in [0.5, 0.6) is 0 Å². The minimum atomic E-state index is 0.162. The fourth-order valence-corrected chi connectivity index (χ4v) is 9.13. The molecule has 7 unspecified atom stereocenters. The predicted molar refractivity (Wildman–Crippen MR) is 188 cm³/mol. The van der Waals surface area contributed by atoms with E-state index in [9.17, 15) is 0 Å². The van der Waals surface area contributed by atoms with E-state index in [4.69, 9.17) is 0 Å². The minimum absolute atomic E-state index is 0.162. The third kappa shape index (κ3) is 4.56. The summed E-state index contributed by atoms with van der Waals surface area (Å²) in [6.07, 6.45) is 33.2. The van der Waals surface area contributed by atoms with Crippen molar-refractivity contribution in [1.29, 1.82) is 0 Å². The van der Waals surface area contributed by atoms with Crippen molar-refractivity contribution in [3.63, 3.8) is 0 Å². The van der Waals surface area contributed by atoms with Crippen LogP contribution in [0.1, 0.15) is 49.3 Å². The monoisotopic (exact) mass is 604 g/mol. The van der Waals surface area contributed by atoms with Gasteiger partial charge >= 0.3 is 0 Å². The van der Waals surface area contributed by atoms with Gasteiger partial charge in [0, 0.05) is 54.6 Å². The first-order chi connectivity index (χ1) is 22.6. The number of nitrogens with zero attached hydrogens (tertiary/aromatic N) is 3. The Hall–Kier alpha value is -4.44. The Morgan fingerprint density at radius 2 is 1.65 bits per heavy atom. The Labute approximate surface area is 274 Å². The molecule has 232 valence electrons. The summed E-state index contributed by atoms with van der Waals surface area (Å²) in [5.41, 5.74) is 8.15. The van der Waals surface area contributed by atoms with Gasteiger partial charge in [0.2, 0.25) is 0 Å². The van der Waals surface area contributed by atoms with Gasteiger partial charge in [0.25, 0.3) is 0 Å². The van der Waals surface area contributed by atoms with E-state index < -0.39 is 0 Å². The maximum Gasteiger partial charge on any atom is 0.123 e. The smallest absolute Gasteiger partial charge is 0.123 e. The number of hydrogen-bond acceptors (Lipinski definition) is 4. The van der Waals surface area contributed by atoms with Gasteiger partial charge in [-0.25, -0.2) is 0 Å². The van der Waals surface area contributed by atoms with Crippen molar-refractivity contribution in [1.82, 2.24) is 15.1 Å². The standard InChI is InChI=1S/C42H44N4/c1-28-16-22-38-32(24-28)18-20-36-40(45(38)33-19-17-29-10-6-7-13-31(29)25-33)23-21-35-34-14-8-9-15-39(34)46(42(35)36)41-27-44(2)26-37(43-41)30-11-4-3-5-12-30/h3-5,7-9,11-23,25,27-29,31-32,35,37-38,42-43H,6,10,24,26H2,1-2H3/t28?,29?,31?,32?,35?,37?,38-,42?/m1/s1. The summed E-state index contributed by atoms with van der Waals surface area (Å²) in [4.78, 5) is 7.67. The lowest BCUT2D eigenvalue weighted by molar-refractivity contribution is 0.275. The number of para-hydroxylation sites is 1. The molecule has 3 heterocycles. The average Bonchev–Trinajstić information content (AvgIpc) is 3.34. The molecule has 9 rings (SSSR count). The van der Waals surface area contributed by atoms with E-state index in [0.717, 1.165) is 6.54 Å². The average molecular weight is 605 g/mol. The maximum atomic E-state index is 4.01. The third-order valence-electron chi connectivity index (χ3n) is 11.3. The first kappa shape index (κ1) is 27.8. The Kier molecular flexibility index (Phi) is 6.73. The fourth-order valence-electron chi connectivity index (χ4n) is 9.13. The molecule has 0 fully saturated rings. The molecular formula is C42H44N4. The van der Waals surface area contributed by atoms with Crippen LogP contribution in [-0.2, 0) is 0 Å². The van der Waals surface area contributed by atoms with Crippen LogP contribution in [-0.4, -0.2) is 35.5 Å². The molecule has 0 amide bonds. The summed E-state index contributed by atoms with van der Waals surface area (Å²) in [6, 6.07) is 20.7. The highest BCUT2D eigenvalue weighted by Gasteiger charge is 2.46. The zero-order chi connectivity index (χ0) is 30.8. The topological polar surface area (TPSA) is 21.8 Å². The Morgan fingerprint density at radius 3 is 2.57 bits per heavy atom. The molecule has 8 atom stereocenters. The first-order valence-electron chi connectivity index (χ1n) is 17.4. The number of hydrogen-bond donors (Lipinski definition) is 1. The number of rotatable bonds is 3. The van der Waals surface area contributed by atoms with Gasteiger partial charge < -0.3 is 20.0 Å². The summed E-state index contributed by atoms with van der Waals surface area (Å²) in [6.45, 7) is 3.30. The molecule has 1 N–H and O–H groups in total. The second-order valence-corrected chi connectivity index (χ2v) is 14.3. The summed E-state index contributed by atoms with van der Waals surface area (Å²) in [5.74, 6) is 3.60. The number of anilines is 1. The number of allylic oxidation sites excluding steroid dienone is 7. The van der Waals surface area contributed by atoms with Crippen molar-refractivity contribution < 1.29 is 0 Å². The molecule has 2 aromatic carbocycles. The lowest BCUT2D eigenvalue weighted by Gasteiger charge is -2.44. The number of fused-ring (bicyclic) bond motifs is 6. The summed E-state index contributed by atoms with van der Waals surface area (Å²) < 4.78 is 0. The van der Waals surface area contributed by atoms with E-state index in [1.807, 2.05) is 0 Å². The van der Waals surface area contributed by atoms with Gasteiger partial charge in [-0.05, 0) is 66.0 Å². The lowest BCUT2D eigenvalue weighted by Crippen LogP contribution is -2.47. The molecule has 2 aromatic rings. The first-order valence-corrected chi connectivity index (χ1v) is 17.4. The van der Waals surface area contributed by atoms with Gasteiger partial charge in [0.15, 0.2) is 0 Å². The van der Waals surface area contributed by atoms with Crippen LogP contribution in [0.15, 0.2) is 150 Å². The SMILES string of the molecule is CC1C=C[C@@H]2C(C=CC3=C(C=CC4c5ccccc5N(C5=CN(C)CC(c6ccccc6)N5)C34)N2C2=CC3C=CCCC3C=C2)C1. The van der Waals surface area contributed by atoms with Crippen molar-refractivity contribution in [3.05, 3.63) is 162 Å². The minimum Gasteiger partial charge on any atom is -0.375 e. The van der Waals surface area contributed by atoms with E-state index in [-0.39, 0.29) is 18.0 Å². The highest BCUT2D eigenvalue weighted by molar-refractivity contribution is 5.72. The molecule has 4 heteroatoms. The maximum absolute atomic E-state index is 4.01. The van der Waals surface area contributed by atoms with Gasteiger partial charge in [0.05, 0.1) is 18.1 Å². The van der Waals surface area contributed by atoms with Gasteiger partial charge in [0.1, 0.15) is 5.82 Å². The van der Waals surface area contributed by atoms with Crippen LogP contribution < -0.4 is 10.2 Å². The number of benzene rings is 2. The summed E-state index contributed by atoms with van der Waals surface area (Å²) >= 11 is 0. The molecule has 7 aliphatic rings. The van der Waals surface area contributed by atoms with Crippen molar-refractivity contribution in [2.24, 2.45) is 23.7 Å². The molecule has 0 saturated carbocycles. The zero-order valence-electron chi connectivity index (χ0n) is 26.9. The van der Waals surface area contributed by atoms with Crippen molar-refractivity contribution in [2.75, 3.05) is 18.5 Å².